The van der Waals surface area contributed by atoms with Crippen LogP contribution in [0.25, 0.3) is 5.69 Å². The predicted octanol–water partition coefficient (Wildman–Crippen LogP) is 4.15. The average Bonchev–Trinajstić information content (AvgIpc) is 2.67. The maximum Gasteiger partial charge on any atom is 0.416 e. The molecule has 1 heterocycles. The summed E-state index contributed by atoms with van der Waals surface area (Å²) in [6.45, 7) is 4.38. The fourth-order valence-electron chi connectivity index (χ4n) is 3.50. The van der Waals surface area contributed by atoms with Crippen molar-refractivity contribution in [2.45, 2.75) is 45.7 Å². The lowest BCUT2D eigenvalue weighted by Crippen LogP contribution is -2.36. The topological polar surface area (TPSA) is 68.2 Å². The second-order valence-corrected chi connectivity index (χ2v) is 7.82. The molecule has 0 fully saturated rings. The maximum atomic E-state index is 13.1. The maximum absolute atomic E-state index is 13.1. The number of aromatic nitrogens is 1. The van der Waals surface area contributed by atoms with E-state index in [-0.39, 0.29) is 22.6 Å². The molecule has 0 spiro atoms. The van der Waals surface area contributed by atoms with Crippen LogP contribution in [-0.2, 0) is 12.6 Å². The van der Waals surface area contributed by atoms with E-state index in [0.717, 1.165) is 18.6 Å². The van der Waals surface area contributed by atoms with Crippen molar-refractivity contribution in [2.75, 3.05) is 6.54 Å². The number of ketones is 1. The Morgan fingerprint density at radius 2 is 1.80 bits per heavy atom. The number of pyridine rings is 1. The van der Waals surface area contributed by atoms with Crippen LogP contribution >= 0.6 is 0 Å². The van der Waals surface area contributed by atoms with E-state index in [9.17, 15) is 27.6 Å². The van der Waals surface area contributed by atoms with Crippen molar-refractivity contribution < 1.29 is 22.8 Å². The molecule has 0 saturated heterocycles. The molecule has 5 nitrogen and oxygen atoms in total. The Morgan fingerprint density at radius 1 is 1.13 bits per heavy atom. The first-order chi connectivity index (χ1) is 14.1. The van der Waals surface area contributed by atoms with Crippen molar-refractivity contribution in [1.29, 1.82) is 0 Å². The molecule has 0 bridgehead atoms. The normalized spacial score (nSPS) is 14.0. The van der Waals surface area contributed by atoms with Gasteiger partial charge in [0.15, 0.2) is 5.78 Å². The van der Waals surface area contributed by atoms with Crippen molar-refractivity contribution in [3.05, 3.63) is 63.1 Å². The fourth-order valence-corrected chi connectivity index (χ4v) is 3.50. The lowest BCUT2D eigenvalue weighted by Gasteiger charge is -2.22. The molecule has 1 aliphatic carbocycles. The third kappa shape index (κ3) is 4.47. The number of hydrogen-bond acceptors (Lipinski definition) is 3. The summed E-state index contributed by atoms with van der Waals surface area (Å²) >= 11 is 0. The van der Waals surface area contributed by atoms with E-state index in [1.165, 1.54) is 22.8 Å². The van der Waals surface area contributed by atoms with Gasteiger partial charge in [0, 0.05) is 29.9 Å². The number of alkyl halides is 3. The smallest absolute Gasteiger partial charge is 0.352 e. The molecule has 0 unspecified atom stereocenters. The molecule has 1 amide bonds. The third-order valence-electron chi connectivity index (χ3n) is 5.13. The molecule has 1 aromatic heterocycles. The lowest BCUT2D eigenvalue weighted by molar-refractivity contribution is -0.137. The second-order valence-electron chi connectivity index (χ2n) is 7.82. The molecular weight excluding hydrogens is 397 g/mol. The van der Waals surface area contributed by atoms with Crippen molar-refractivity contribution >= 4 is 11.7 Å². The monoisotopic (exact) mass is 420 g/mol. The number of nitrogens with zero attached hydrogens (tertiary/aromatic N) is 1. The predicted molar refractivity (Wildman–Crippen MR) is 106 cm³/mol. The highest BCUT2D eigenvalue weighted by atomic mass is 19.4. The Labute approximate surface area is 171 Å². The molecule has 0 saturated carbocycles. The number of nitrogens with one attached hydrogen (secondary N) is 1. The number of benzene rings is 1. The van der Waals surface area contributed by atoms with Crippen LogP contribution in [0.5, 0.6) is 0 Å². The molecule has 3 rings (SSSR count). The number of amides is 1. The van der Waals surface area contributed by atoms with Crippen LogP contribution in [0.15, 0.2) is 35.1 Å². The van der Waals surface area contributed by atoms with Gasteiger partial charge in [-0.3, -0.25) is 19.0 Å². The van der Waals surface area contributed by atoms with Crippen LogP contribution in [0.1, 0.15) is 65.1 Å². The number of halogens is 3. The summed E-state index contributed by atoms with van der Waals surface area (Å²) in [5.74, 6) is -0.421. The summed E-state index contributed by atoms with van der Waals surface area (Å²) in [4.78, 5) is 38.2. The zero-order chi connectivity index (χ0) is 22.1. The minimum Gasteiger partial charge on any atom is -0.352 e. The van der Waals surface area contributed by atoms with Gasteiger partial charge in [-0.2, -0.15) is 13.2 Å². The van der Waals surface area contributed by atoms with E-state index >= 15 is 0 Å². The zero-order valence-corrected chi connectivity index (χ0v) is 16.8. The van der Waals surface area contributed by atoms with E-state index in [4.69, 9.17) is 0 Å². The summed E-state index contributed by atoms with van der Waals surface area (Å²) < 4.78 is 39.9. The molecule has 160 valence electrons. The Morgan fingerprint density at radius 3 is 2.40 bits per heavy atom. The van der Waals surface area contributed by atoms with Gasteiger partial charge in [-0.25, -0.2) is 0 Å². The molecule has 0 atom stereocenters. The minimum atomic E-state index is -4.50. The van der Waals surface area contributed by atoms with Crippen LogP contribution in [0.4, 0.5) is 13.2 Å². The quantitative estimate of drug-likeness (QED) is 0.790. The summed E-state index contributed by atoms with van der Waals surface area (Å²) in [6.07, 6.45) is -2.52. The molecule has 1 aliphatic rings. The minimum absolute atomic E-state index is 0.187. The van der Waals surface area contributed by atoms with Crippen molar-refractivity contribution in [1.82, 2.24) is 9.88 Å². The molecule has 30 heavy (non-hydrogen) atoms. The van der Waals surface area contributed by atoms with Crippen molar-refractivity contribution in [2.24, 2.45) is 5.92 Å². The number of rotatable bonds is 5. The van der Waals surface area contributed by atoms with Gasteiger partial charge in [0.1, 0.15) is 5.56 Å². The molecule has 2 aromatic rings. The number of fused-ring (bicyclic) bond motifs is 1. The van der Waals surface area contributed by atoms with Crippen LogP contribution in [0, 0.1) is 5.92 Å². The van der Waals surface area contributed by atoms with Crippen LogP contribution in [-0.4, -0.2) is 22.8 Å². The van der Waals surface area contributed by atoms with Crippen LogP contribution < -0.4 is 10.9 Å². The number of carbonyl (C=O) groups is 2. The fraction of sp³-hybridized carbons (Fsp3) is 0.409. The van der Waals surface area contributed by atoms with E-state index in [1.54, 1.807) is 0 Å². The second kappa shape index (κ2) is 8.45. The summed E-state index contributed by atoms with van der Waals surface area (Å²) in [5.41, 5.74) is -0.787. The van der Waals surface area contributed by atoms with Gasteiger partial charge in [-0.1, -0.05) is 13.8 Å². The Hall–Kier alpha value is -2.90. The lowest BCUT2D eigenvalue weighted by atomic mass is 9.92. The van der Waals surface area contributed by atoms with Crippen molar-refractivity contribution in [3.63, 3.8) is 0 Å². The molecular formula is C22H23F3N2O3. The van der Waals surface area contributed by atoms with E-state index in [2.05, 4.69) is 5.32 Å². The highest BCUT2D eigenvalue weighted by Crippen LogP contribution is 2.30. The molecule has 1 aromatic carbocycles. The van der Waals surface area contributed by atoms with E-state index in [0.29, 0.717) is 37.4 Å². The van der Waals surface area contributed by atoms with Gasteiger partial charge in [0.2, 0.25) is 0 Å². The number of carbonyl (C=O) groups excluding carboxylic acids is 2. The largest absolute Gasteiger partial charge is 0.416 e. The zero-order valence-electron chi connectivity index (χ0n) is 16.8. The van der Waals surface area contributed by atoms with Gasteiger partial charge in [-0.05, 0) is 55.5 Å². The highest BCUT2D eigenvalue weighted by Gasteiger charge is 2.31. The first-order valence-electron chi connectivity index (χ1n) is 9.87. The molecule has 1 N–H and O–H groups in total. The first kappa shape index (κ1) is 21.8. The molecule has 0 aliphatic heterocycles. The van der Waals surface area contributed by atoms with Crippen molar-refractivity contribution in [3.8, 4) is 5.69 Å². The number of hydrogen-bond donors (Lipinski definition) is 1. The van der Waals surface area contributed by atoms with Gasteiger partial charge in [0.05, 0.1) is 5.56 Å². The number of Topliss-reactive ketones (excluding diaryl/α,β-unsaturated/α-hetero) is 1. The summed E-state index contributed by atoms with van der Waals surface area (Å²) in [5, 5.41) is 2.69. The third-order valence-corrected chi connectivity index (χ3v) is 5.13. The van der Waals surface area contributed by atoms with E-state index < -0.39 is 23.2 Å². The first-order valence-corrected chi connectivity index (χ1v) is 9.87. The SMILES string of the molecule is CC(C)CCNC(=O)c1cc2c(n(-c3ccc(C(F)(F)F)cc3)c1=O)CCCC2=O. The molecule has 8 heteroatoms. The van der Waals surface area contributed by atoms with Crippen LogP contribution in [0.3, 0.4) is 0 Å². The van der Waals surface area contributed by atoms with E-state index in [1.807, 2.05) is 13.8 Å². The highest BCUT2D eigenvalue weighted by molar-refractivity contribution is 6.01. The van der Waals surface area contributed by atoms with Crippen LogP contribution in [0.2, 0.25) is 0 Å². The Kier molecular flexibility index (Phi) is 6.14. The van der Waals surface area contributed by atoms with Gasteiger partial charge < -0.3 is 5.32 Å². The van der Waals surface area contributed by atoms with Gasteiger partial charge >= 0.3 is 6.18 Å². The average molecular weight is 420 g/mol. The Balaban J connectivity index is 2.10. The standard InChI is InChI=1S/C22H23F3N2O3/c1-13(2)10-11-26-20(29)17-12-16-18(4-3-5-19(16)28)27(21(17)30)15-8-6-14(7-9-15)22(23,24)25/h6-9,12-13H,3-5,10-11H2,1-2H3,(H,26,29). The molecule has 0 radical (unpaired) electrons. The summed E-state index contributed by atoms with van der Waals surface area (Å²) in [6, 6.07) is 5.46. The Bertz CT molecular complexity index is 1020. The summed E-state index contributed by atoms with van der Waals surface area (Å²) in [7, 11) is 0. The van der Waals surface area contributed by atoms with Gasteiger partial charge in [0.25, 0.3) is 11.5 Å². The van der Waals surface area contributed by atoms with Gasteiger partial charge in [-0.15, -0.1) is 0 Å².